The highest BCUT2D eigenvalue weighted by molar-refractivity contribution is 5.78. The molecular formula is C11H12F2N2. The van der Waals surface area contributed by atoms with Gasteiger partial charge in [-0.3, -0.25) is 5.10 Å². The van der Waals surface area contributed by atoms with E-state index in [9.17, 15) is 8.78 Å². The Morgan fingerprint density at radius 3 is 2.73 bits per heavy atom. The quantitative estimate of drug-likeness (QED) is 0.809. The van der Waals surface area contributed by atoms with Gasteiger partial charge in [0.25, 0.3) is 5.92 Å². The Balaban J connectivity index is 2.52. The molecule has 80 valence electrons. The van der Waals surface area contributed by atoms with Crippen molar-refractivity contribution in [2.24, 2.45) is 5.92 Å². The first kappa shape index (κ1) is 10.1. The molecule has 0 saturated carbocycles. The number of hydrogen-bond donors (Lipinski definition) is 1. The molecule has 0 saturated heterocycles. The van der Waals surface area contributed by atoms with Gasteiger partial charge in [0.1, 0.15) is 0 Å². The third-order valence-corrected chi connectivity index (χ3v) is 2.55. The average molecular weight is 210 g/mol. The summed E-state index contributed by atoms with van der Waals surface area (Å²) in [5, 5.41) is 7.25. The first-order valence-electron chi connectivity index (χ1n) is 4.83. The van der Waals surface area contributed by atoms with E-state index in [1.807, 2.05) is 0 Å². The topological polar surface area (TPSA) is 28.7 Å². The van der Waals surface area contributed by atoms with Crippen LogP contribution in [0, 0.1) is 5.92 Å². The van der Waals surface area contributed by atoms with Crippen LogP contribution in [0.25, 0.3) is 10.9 Å². The summed E-state index contributed by atoms with van der Waals surface area (Å²) in [7, 11) is 0. The number of nitrogens with zero attached hydrogens (tertiary/aromatic N) is 1. The summed E-state index contributed by atoms with van der Waals surface area (Å²) in [5.41, 5.74) is 0.824. The van der Waals surface area contributed by atoms with E-state index in [1.54, 1.807) is 12.3 Å². The third-order valence-electron chi connectivity index (χ3n) is 2.55. The lowest BCUT2D eigenvalue weighted by molar-refractivity contribution is -0.0512. The van der Waals surface area contributed by atoms with Crippen LogP contribution in [0.4, 0.5) is 8.78 Å². The average Bonchev–Trinajstić information content (AvgIpc) is 2.63. The van der Waals surface area contributed by atoms with Crippen LogP contribution in [0.5, 0.6) is 0 Å². The minimum Gasteiger partial charge on any atom is -0.278 e. The van der Waals surface area contributed by atoms with Crippen molar-refractivity contribution in [3.05, 3.63) is 30.0 Å². The van der Waals surface area contributed by atoms with Crippen molar-refractivity contribution >= 4 is 10.9 Å². The summed E-state index contributed by atoms with van der Waals surface area (Å²) in [4.78, 5) is 0. The van der Waals surface area contributed by atoms with Crippen molar-refractivity contribution in [2.75, 3.05) is 0 Å². The molecule has 1 N–H and O–H groups in total. The molecular weight excluding hydrogens is 198 g/mol. The molecule has 4 heteroatoms. The van der Waals surface area contributed by atoms with Gasteiger partial charge in [-0.25, -0.2) is 8.78 Å². The normalized spacial score (nSPS) is 12.6. The van der Waals surface area contributed by atoms with Crippen molar-refractivity contribution in [1.82, 2.24) is 10.2 Å². The molecule has 1 aromatic carbocycles. The van der Waals surface area contributed by atoms with Gasteiger partial charge in [-0.1, -0.05) is 19.9 Å². The second kappa shape index (κ2) is 3.29. The molecule has 2 nitrogen and oxygen atoms in total. The van der Waals surface area contributed by atoms with E-state index in [4.69, 9.17) is 0 Å². The number of nitrogens with one attached hydrogen (secondary N) is 1. The van der Waals surface area contributed by atoms with Crippen LogP contribution in [-0.2, 0) is 5.92 Å². The number of alkyl halides is 2. The number of hydrogen-bond acceptors (Lipinski definition) is 1. The summed E-state index contributed by atoms with van der Waals surface area (Å²) in [6.45, 7) is 3.03. The minimum absolute atomic E-state index is 0.0476. The lowest BCUT2D eigenvalue weighted by Gasteiger charge is -2.20. The fourth-order valence-electron chi connectivity index (χ4n) is 1.48. The maximum Gasteiger partial charge on any atom is 0.275 e. The van der Waals surface area contributed by atoms with Crippen molar-refractivity contribution in [3.8, 4) is 0 Å². The Kier molecular flexibility index (Phi) is 2.21. The van der Waals surface area contributed by atoms with Crippen molar-refractivity contribution in [1.29, 1.82) is 0 Å². The predicted octanol–water partition coefficient (Wildman–Crippen LogP) is 3.31. The van der Waals surface area contributed by atoms with Gasteiger partial charge < -0.3 is 0 Å². The summed E-state index contributed by atoms with van der Waals surface area (Å²) in [6, 6.07) is 4.56. The minimum atomic E-state index is -2.79. The lowest BCUT2D eigenvalue weighted by Crippen LogP contribution is -2.20. The Labute approximate surface area is 86.3 Å². The van der Waals surface area contributed by atoms with E-state index < -0.39 is 11.8 Å². The maximum absolute atomic E-state index is 13.7. The molecule has 0 aliphatic heterocycles. The molecule has 0 aliphatic carbocycles. The SMILES string of the molecule is CC(C)C(F)(F)c1ccc2[nH]ncc2c1. The van der Waals surface area contributed by atoms with E-state index >= 15 is 0 Å². The molecule has 0 radical (unpaired) electrons. The zero-order chi connectivity index (χ0) is 11.1. The maximum atomic E-state index is 13.7. The highest BCUT2D eigenvalue weighted by Gasteiger charge is 2.35. The highest BCUT2D eigenvalue weighted by Crippen LogP contribution is 2.36. The Hall–Kier alpha value is -1.45. The van der Waals surface area contributed by atoms with Crippen LogP contribution in [0.2, 0.25) is 0 Å². The lowest BCUT2D eigenvalue weighted by atomic mass is 9.97. The highest BCUT2D eigenvalue weighted by atomic mass is 19.3. The molecule has 0 atom stereocenters. The van der Waals surface area contributed by atoms with Crippen molar-refractivity contribution < 1.29 is 8.78 Å². The fraction of sp³-hybridized carbons (Fsp3) is 0.364. The summed E-state index contributed by atoms with van der Waals surface area (Å²) < 4.78 is 27.4. The van der Waals surface area contributed by atoms with Crippen LogP contribution in [0.1, 0.15) is 19.4 Å². The Morgan fingerprint density at radius 2 is 2.07 bits per heavy atom. The molecule has 0 spiro atoms. The largest absolute Gasteiger partial charge is 0.278 e. The zero-order valence-corrected chi connectivity index (χ0v) is 8.59. The molecule has 0 aliphatic rings. The van der Waals surface area contributed by atoms with E-state index in [-0.39, 0.29) is 5.56 Å². The van der Waals surface area contributed by atoms with Gasteiger partial charge in [0.05, 0.1) is 11.7 Å². The Morgan fingerprint density at radius 1 is 1.33 bits per heavy atom. The molecule has 0 fully saturated rings. The van der Waals surface area contributed by atoms with Crippen LogP contribution >= 0.6 is 0 Å². The van der Waals surface area contributed by atoms with E-state index in [2.05, 4.69) is 10.2 Å². The van der Waals surface area contributed by atoms with E-state index in [0.29, 0.717) is 5.39 Å². The van der Waals surface area contributed by atoms with Crippen LogP contribution in [-0.4, -0.2) is 10.2 Å². The molecule has 0 amide bonds. The van der Waals surface area contributed by atoms with E-state index in [1.165, 1.54) is 26.0 Å². The fourth-order valence-corrected chi connectivity index (χ4v) is 1.48. The van der Waals surface area contributed by atoms with Crippen LogP contribution in [0.15, 0.2) is 24.4 Å². The number of H-pyrrole nitrogens is 1. The summed E-state index contributed by atoms with van der Waals surface area (Å²) in [5.74, 6) is -3.49. The van der Waals surface area contributed by atoms with Gasteiger partial charge in [-0.2, -0.15) is 5.10 Å². The molecule has 1 heterocycles. The number of aromatic amines is 1. The second-order valence-electron chi connectivity index (χ2n) is 3.95. The molecule has 0 unspecified atom stereocenters. The summed E-state index contributed by atoms with van der Waals surface area (Å²) >= 11 is 0. The zero-order valence-electron chi connectivity index (χ0n) is 8.59. The van der Waals surface area contributed by atoms with Crippen LogP contribution in [0.3, 0.4) is 0 Å². The van der Waals surface area contributed by atoms with E-state index in [0.717, 1.165) is 5.52 Å². The number of benzene rings is 1. The standard InChI is InChI=1S/C11H12F2N2/c1-7(2)11(12,13)9-3-4-10-8(5-9)6-14-15-10/h3-7H,1-2H3,(H,14,15). The monoisotopic (exact) mass is 210 g/mol. The van der Waals surface area contributed by atoms with Crippen molar-refractivity contribution in [3.63, 3.8) is 0 Å². The summed E-state index contributed by atoms with van der Waals surface area (Å²) in [6.07, 6.45) is 1.55. The number of rotatable bonds is 2. The predicted molar refractivity (Wildman–Crippen MR) is 54.8 cm³/mol. The van der Waals surface area contributed by atoms with Crippen molar-refractivity contribution in [2.45, 2.75) is 19.8 Å². The molecule has 2 aromatic rings. The number of aromatic nitrogens is 2. The molecule has 15 heavy (non-hydrogen) atoms. The van der Waals surface area contributed by atoms with Crippen LogP contribution < -0.4 is 0 Å². The van der Waals surface area contributed by atoms with Gasteiger partial charge >= 0.3 is 0 Å². The smallest absolute Gasteiger partial charge is 0.275 e. The van der Waals surface area contributed by atoms with Gasteiger partial charge in [0, 0.05) is 16.9 Å². The second-order valence-corrected chi connectivity index (χ2v) is 3.95. The molecule has 1 aromatic heterocycles. The van der Waals surface area contributed by atoms with Gasteiger partial charge in [-0.15, -0.1) is 0 Å². The first-order chi connectivity index (χ1) is 7.01. The Bertz CT molecular complexity index is 474. The van der Waals surface area contributed by atoms with Gasteiger partial charge in [-0.05, 0) is 12.1 Å². The first-order valence-corrected chi connectivity index (χ1v) is 4.83. The van der Waals surface area contributed by atoms with Gasteiger partial charge in [0.2, 0.25) is 0 Å². The van der Waals surface area contributed by atoms with Gasteiger partial charge in [0.15, 0.2) is 0 Å². The number of halogens is 2. The third kappa shape index (κ3) is 1.60. The number of fused-ring (bicyclic) bond motifs is 1. The molecule has 2 rings (SSSR count). The molecule has 0 bridgehead atoms.